The highest BCUT2D eigenvalue weighted by molar-refractivity contribution is 5.67. The largest absolute Gasteiger partial charge is 0.481 e. The maximum absolute atomic E-state index is 11.0. The molecule has 2 saturated carbocycles. The van der Waals surface area contributed by atoms with E-state index in [1.54, 1.807) is 0 Å². The molecule has 0 aromatic rings. The van der Waals surface area contributed by atoms with E-state index in [0.29, 0.717) is 23.8 Å². The molecule has 18 heavy (non-hydrogen) atoms. The van der Waals surface area contributed by atoms with Crippen LogP contribution >= 0.6 is 0 Å². The average Bonchev–Trinajstić information content (AvgIpc) is 3.10. The molecule has 1 unspecified atom stereocenters. The van der Waals surface area contributed by atoms with Gasteiger partial charge in [0.1, 0.15) is 0 Å². The van der Waals surface area contributed by atoms with Crippen LogP contribution in [0, 0.1) is 11.3 Å². The van der Waals surface area contributed by atoms with Crippen LogP contribution in [0.3, 0.4) is 0 Å². The van der Waals surface area contributed by atoms with Gasteiger partial charge in [-0.15, -0.1) is 0 Å². The predicted octanol–water partition coefficient (Wildman–Crippen LogP) is 2.90. The lowest BCUT2D eigenvalue weighted by Gasteiger charge is -2.53. The van der Waals surface area contributed by atoms with E-state index in [9.17, 15) is 4.79 Å². The van der Waals surface area contributed by atoms with Crippen LogP contribution in [-0.2, 0) is 4.79 Å². The van der Waals surface area contributed by atoms with Gasteiger partial charge in [-0.05, 0) is 37.0 Å². The molecule has 0 radical (unpaired) electrons. The minimum absolute atomic E-state index is 0.344. The number of carboxylic acid groups (broad SMARTS) is 1. The van der Waals surface area contributed by atoms with Crippen LogP contribution in [-0.4, -0.2) is 35.1 Å². The topological polar surface area (TPSA) is 40.5 Å². The summed E-state index contributed by atoms with van der Waals surface area (Å²) in [6.07, 6.45) is 11.2. The monoisotopic (exact) mass is 251 g/mol. The van der Waals surface area contributed by atoms with E-state index < -0.39 is 5.97 Å². The summed E-state index contributed by atoms with van der Waals surface area (Å²) in [5.74, 6) is 0.0675. The molecule has 1 spiro atoms. The van der Waals surface area contributed by atoms with E-state index in [1.165, 1.54) is 64.5 Å². The third-order valence-electron chi connectivity index (χ3n) is 5.26. The first kappa shape index (κ1) is 12.5. The number of carbonyl (C=O) groups is 1. The molecule has 3 heteroatoms. The molecular weight excluding hydrogens is 226 g/mol. The number of aliphatic carboxylic acids is 1. The summed E-state index contributed by atoms with van der Waals surface area (Å²) in [4.78, 5) is 13.5. The second-order valence-corrected chi connectivity index (χ2v) is 6.82. The van der Waals surface area contributed by atoms with Gasteiger partial charge >= 0.3 is 5.97 Å². The highest BCUT2D eigenvalue weighted by Crippen LogP contribution is 2.47. The number of carboxylic acids is 1. The van der Waals surface area contributed by atoms with Crippen LogP contribution in [0.2, 0.25) is 0 Å². The molecule has 1 aliphatic heterocycles. The normalized spacial score (nSPS) is 29.6. The van der Waals surface area contributed by atoms with Crippen molar-refractivity contribution in [2.45, 2.75) is 63.8 Å². The summed E-state index contributed by atoms with van der Waals surface area (Å²) < 4.78 is 0. The smallest absolute Gasteiger partial charge is 0.304 e. The predicted molar refractivity (Wildman–Crippen MR) is 70.5 cm³/mol. The highest BCUT2D eigenvalue weighted by Gasteiger charge is 2.48. The Kier molecular flexibility index (Phi) is 3.35. The molecule has 0 aromatic heterocycles. The van der Waals surface area contributed by atoms with Crippen molar-refractivity contribution in [2.75, 3.05) is 13.1 Å². The molecule has 102 valence electrons. The third-order valence-corrected chi connectivity index (χ3v) is 5.26. The second-order valence-electron chi connectivity index (χ2n) is 6.82. The van der Waals surface area contributed by atoms with E-state index in [2.05, 4.69) is 4.90 Å². The van der Waals surface area contributed by atoms with Crippen molar-refractivity contribution >= 4 is 5.97 Å². The van der Waals surface area contributed by atoms with Gasteiger partial charge in [-0.3, -0.25) is 9.69 Å². The molecule has 3 fully saturated rings. The molecule has 0 aromatic carbocycles. The maximum Gasteiger partial charge on any atom is 0.304 e. The van der Waals surface area contributed by atoms with E-state index in [0.717, 1.165) is 0 Å². The minimum Gasteiger partial charge on any atom is -0.481 e. The van der Waals surface area contributed by atoms with Gasteiger partial charge < -0.3 is 5.11 Å². The molecule has 3 aliphatic rings. The Morgan fingerprint density at radius 2 is 1.78 bits per heavy atom. The molecule has 3 rings (SSSR count). The first-order valence-corrected chi connectivity index (χ1v) is 7.64. The van der Waals surface area contributed by atoms with Crippen molar-refractivity contribution in [3.63, 3.8) is 0 Å². The maximum atomic E-state index is 11.0. The molecule has 1 N–H and O–H groups in total. The minimum atomic E-state index is -0.617. The van der Waals surface area contributed by atoms with Crippen molar-refractivity contribution in [1.82, 2.24) is 4.90 Å². The second kappa shape index (κ2) is 4.84. The first-order chi connectivity index (χ1) is 8.69. The van der Waals surface area contributed by atoms with E-state index >= 15 is 0 Å². The average molecular weight is 251 g/mol. The van der Waals surface area contributed by atoms with Gasteiger partial charge in [0.2, 0.25) is 0 Å². The molecule has 0 amide bonds. The molecule has 0 bridgehead atoms. The zero-order chi connectivity index (χ0) is 12.6. The number of nitrogens with zero attached hydrogens (tertiary/aromatic N) is 1. The number of hydrogen-bond donors (Lipinski definition) is 1. The number of likely N-dealkylation sites (tertiary alicyclic amines) is 1. The van der Waals surface area contributed by atoms with Crippen LogP contribution in [0.5, 0.6) is 0 Å². The molecular formula is C15H25NO2. The number of hydrogen-bond acceptors (Lipinski definition) is 2. The quantitative estimate of drug-likeness (QED) is 0.835. The van der Waals surface area contributed by atoms with Gasteiger partial charge in [-0.1, -0.05) is 25.7 Å². The SMILES string of the molecule is O=C(O)CC(C1CC1)N1CC2(CCCCCC2)C1. The zero-order valence-electron chi connectivity index (χ0n) is 11.2. The zero-order valence-corrected chi connectivity index (χ0v) is 11.2. The molecule has 2 aliphatic carbocycles. The standard InChI is InChI=1S/C15H25NO2/c17-14(18)9-13(12-5-6-12)16-10-15(11-16)7-3-1-2-4-8-15/h12-13H,1-11H2,(H,17,18). The van der Waals surface area contributed by atoms with Crippen LogP contribution in [0.1, 0.15) is 57.8 Å². The van der Waals surface area contributed by atoms with Crippen LogP contribution in [0.15, 0.2) is 0 Å². The third kappa shape index (κ3) is 2.56. The summed E-state index contributed by atoms with van der Waals surface area (Å²) in [5, 5.41) is 9.05. The Hall–Kier alpha value is -0.570. The highest BCUT2D eigenvalue weighted by atomic mass is 16.4. The lowest BCUT2D eigenvalue weighted by Crippen LogP contribution is -2.60. The Morgan fingerprint density at radius 3 is 2.28 bits per heavy atom. The Morgan fingerprint density at radius 1 is 1.17 bits per heavy atom. The van der Waals surface area contributed by atoms with Crippen molar-refractivity contribution < 1.29 is 9.90 Å². The Balaban J connectivity index is 1.56. The summed E-state index contributed by atoms with van der Waals surface area (Å²) in [7, 11) is 0. The molecule has 1 atom stereocenters. The van der Waals surface area contributed by atoms with E-state index in [-0.39, 0.29) is 0 Å². The van der Waals surface area contributed by atoms with Gasteiger partial charge in [0, 0.05) is 19.1 Å². The van der Waals surface area contributed by atoms with Gasteiger partial charge in [0.25, 0.3) is 0 Å². The fourth-order valence-corrected chi connectivity index (χ4v) is 4.10. The molecule has 1 heterocycles. The lowest BCUT2D eigenvalue weighted by molar-refractivity contribution is -0.141. The summed E-state index contributed by atoms with van der Waals surface area (Å²) in [6, 6.07) is 0.344. The van der Waals surface area contributed by atoms with Crippen LogP contribution in [0.4, 0.5) is 0 Å². The summed E-state index contributed by atoms with van der Waals surface area (Å²) in [6.45, 7) is 2.36. The first-order valence-electron chi connectivity index (χ1n) is 7.64. The van der Waals surface area contributed by atoms with Gasteiger partial charge in [-0.2, -0.15) is 0 Å². The Bertz CT molecular complexity index is 308. The fraction of sp³-hybridized carbons (Fsp3) is 0.933. The van der Waals surface area contributed by atoms with Crippen molar-refractivity contribution in [3.05, 3.63) is 0 Å². The lowest BCUT2D eigenvalue weighted by atomic mass is 9.72. The van der Waals surface area contributed by atoms with Crippen molar-refractivity contribution in [3.8, 4) is 0 Å². The van der Waals surface area contributed by atoms with Gasteiger partial charge in [-0.25, -0.2) is 0 Å². The fourth-order valence-electron chi connectivity index (χ4n) is 4.10. The molecule has 3 nitrogen and oxygen atoms in total. The Labute approximate surface area is 110 Å². The van der Waals surface area contributed by atoms with E-state index in [1.807, 2.05) is 0 Å². The molecule has 1 saturated heterocycles. The van der Waals surface area contributed by atoms with Crippen LogP contribution in [0.25, 0.3) is 0 Å². The van der Waals surface area contributed by atoms with E-state index in [4.69, 9.17) is 5.11 Å². The number of rotatable bonds is 4. The van der Waals surface area contributed by atoms with Crippen molar-refractivity contribution in [2.24, 2.45) is 11.3 Å². The van der Waals surface area contributed by atoms with Crippen molar-refractivity contribution in [1.29, 1.82) is 0 Å². The van der Waals surface area contributed by atoms with Crippen LogP contribution < -0.4 is 0 Å². The summed E-state index contributed by atoms with van der Waals surface area (Å²) in [5.41, 5.74) is 0.572. The summed E-state index contributed by atoms with van der Waals surface area (Å²) >= 11 is 0. The van der Waals surface area contributed by atoms with Gasteiger partial charge in [0.05, 0.1) is 6.42 Å². The van der Waals surface area contributed by atoms with Gasteiger partial charge in [0.15, 0.2) is 0 Å².